The first-order chi connectivity index (χ1) is 12.5. The van der Waals surface area contributed by atoms with Gasteiger partial charge >= 0.3 is 6.09 Å². The standard InChI is InChI=1S/C20H41N5O2/c1-15(2)25(16(3)4)12-9-11-22-18(21-8)24-13-10-17(14-24)23-19(26)27-20(5,6)7/h15-17H,9-14H2,1-8H3,(H,21,22)(H,23,26). The average molecular weight is 384 g/mol. The normalized spacial score (nSPS) is 18.6. The molecule has 1 amide bonds. The third-order valence-corrected chi connectivity index (χ3v) is 4.62. The molecule has 1 fully saturated rings. The van der Waals surface area contributed by atoms with Crippen LogP contribution in [0.25, 0.3) is 0 Å². The average Bonchev–Trinajstić information content (AvgIpc) is 2.96. The number of ether oxygens (including phenoxy) is 1. The molecule has 1 atom stereocenters. The van der Waals surface area contributed by atoms with Crippen LogP contribution in [0.15, 0.2) is 4.99 Å². The van der Waals surface area contributed by atoms with Crippen molar-refractivity contribution in [2.24, 2.45) is 4.99 Å². The van der Waals surface area contributed by atoms with Crippen LogP contribution in [0.5, 0.6) is 0 Å². The van der Waals surface area contributed by atoms with Crippen LogP contribution in [0.1, 0.15) is 61.3 Å². The number of rotatable bonds is 7. The summed E-state index contributed by atoms with van der Waals surface area (Å²) in [6.45, 7) is 18.2. The maximum atomic E-state index is 11.9. The summed E-state index contributed by atoms with van der Waals surface area (Å²) in [5, 5.41) is 6.42. The number of amides is 1. The molecule has 1 saturated heterocycles. The number of carbonyl (C=O) groups is 1. The molecule has 0 spiro atoms. The van der Waals surface area contributed by atoms with Gasteiger partial charge in [0.1, 0.15) is 5.60 Å². The minimum atomic E-state index is -0.472. The lowest BCUT2D eigenvalue weighted by atomic mass is 10.2. The number of likely N-dealkylation sites (tertiary alicyclic amines) is 1. The van der Waals surface area contributed by atoms with Crippen LogP contribution in [-0.2, 0) is 4.74 Å². The van der Waals surface area contributed by atoms with Crippen molar-refractivity contribution in [1.82, 2.24) is 20.4 Å². The second-order valence-electron chi connectivity index (χ2n) is 8.83. The Morgan fingerprint density at radius 2 is 1.89 bits per heavy atom. The topological polar surface area (TPSA) is 69.2 Å². The largest absolute Gasteiger partial charge is 0.444 e. The molecular weight excluding hydrogens is 342 g/mol. The number of hydrogen-bond donors (Lipinski definition) is 2. The second-order valence-corrected chi connectivity index (χ2v) is 8.83. The summed E-state index contributed by atoms with van der Waals surface area (Å²) in [5.74, 6) is 0.907. The van der Waals surface area contributed by atoms with Gasteiger partial charge < -0.3 is 20.3 Å². The van der Waals surface area contributed by atoms with Crippen molar-refractivity contribution >= 4 is 12.1 Å². The molecule has 1 heterocycles. The predicted octanol–water partition coefficient (Wildman–Crippen LogP) is 2.67. The first-order valence-electron chi connectivity index (χ1n) is 10.2. The minimum absolute atomic E-state index is 0.0933. The monoisotopic (exact) mass is 383 g/mol. The van der Waals surface area contributed by atoms with Gasteiger partial charge in [-0.05, 0) is 61.3 Å². The number of hydrogen-bond acceptors (Lipinski definition) is 4. The summed E-state index contributed by atoms with van der Waals surface area (Å²) < 4.78 is 5.34. The Labute approximate surface area is 165 Å². The van der Waals surface area contributed by atoms with Crippen molar-refractivity contribution in [1.29, 1.82) is 0 Å². The zero-order valence-electron chi connectivity index (χ0n) is 18.6. The van der Waals surface area contributed by atoms with E-state index in [9.17, 15) is 4.79 Å². The lowest BCUT2D eigenvalue weighted by Gasteiger charge is -2.30. The summed E-state index contributed by atoms with van der Waals surface area (Å²) in [4.78, 5) is 21.0. The molecule has 0 radical (unpaired) electrons. The van der Waals surface area contributed by atoms with Gasteiger partial charge in [-0.25, -0.2) is 4.79 Å². The van der Waals surface area contributed by atoms with Gasteiger partial charge in [0.05, 0.1) is 6.04 Å². The van der Waals surface area contributed by atoms with E-state index in [0.717, 1.165) is 45.0 Å². The molecule has 0 aliphatic carbocycles. The minimum Gasteiger partial charge on any atom is -0.444 e. The van der Waals surface area contributed by atoms with Gasteiger partial charge in [0.15, 0.2) is 5.96 Å². The highest BCUT2D eigenvalue weighted by atomic mass is 16.6. The Hall–Kier alpha value is -1.50. The Morgan fingerprint density at radius 1 is 1.26 bits per heavy atom. The SMILES string of the molecule is CN=C(NCCCN(C(C)C)C(C)C)N1CCC(NC(=O)OC(C)(C)C)C1. The fourth-order valence-electron chi connectivity index (χ4n) is 3.45. The number of alkyl carbamates (subject to hydrolysis) is 1. The third-order valence-electron chi connectivity index (χ3n) is 4.62. The molecule has 0 saturated carbocycles. The van der Waals surface area contributed by atoms with Crippen LogP contribution in [0, 0.1) is 0 Å². The summed E-state index contributed by atoms with van der Waals surface area (Å²) >= 11 is 0. The first-order valence-corrected chi connectivity index (χ1v) is 10.2. The molecule has 7 heteroatoms. The molecule has 0 aromatic heterocycles. The highest BCUT2D eigenvalue weighted by Crippen LogP contribution is 2.12. The number of nitrogens with zero attached hydrogens (tertiary/aromatic N) is 3. The van der Waals surface area contributed by atoms with Crippen molar-refractivity contribution in [3.63, 3.8) is 0 Å². The molecular formula is C20H41N5O2. The van der Waals surface area contributed by atoms with E-state index in [0.29, 0.717) is 12.1 Å². The quantitative estimate of drug-likeness (QED) is 0.402. The number of aliphatic imine (C=N–C) groups is 1. The fourth-order valence-corrected chi connectivity index (χ4v) is 3.45. The Balaban J connectivity index is 2.38. The molecule has 1 unspecified atom stereocenters. The summed E-state index contributed by atoms with van der Waals surface area (Å²) in [6.07, 6.45) is 1.62. The molecule has 0 bridgehead atoms. The molecule has 158 valence electrons. The highest BCUT2D eigenvalue weighted by molar-refractivity contribution is 5.80. The zero-order valence-corrected chi connectivity index (χ0v) is 18.6. The van der Waals surface area contributed by atoms with Crippen LogP contribution >= 0.6 is 0 Å². The van der Waals surface area contributed by atoms with Gasteiger partial charge in [0.25, 0.3) is 0 Å². The van der Waals surface area contributed by atoms with E-state index >= 15 is 0 Å². The van der Waals surface area contributed by atoms with Gasteiger partial charge in [0, 0.05) is 45.3 Å². The van der Waals surface area contributed by atoms with Crippen LogP contribution in [-0.4, -0.2) is 78.8 Å². The van der Waals surface area contributed by atoms with Gasteiger partial charge in [-0.15, -0.1) is 0 Å². The Morgan fingerprint density at radius 3 is 2.41 bits per heavy atom. The Bertz CT molecular complexity index is 477. The van der Waals surface area contributed by atoms with E-state index in [2.05, 4.69) is 53.1 Å². The van der Waals surface area contributed by atoms with Crippen molar-refractivity contribution in [3.05, 3.63) is 0 Å². The second kappa shape index (κ2) is 10.7. The molecule has 27 heavy (non-hydrogen) atoms. The number of nitrogens with one attached hydrogen (secondary N) is 2. The fraction of sp³-hybridized carbons (Fsp3) is 0.900. The molecule has 1 aliphatic rings. The van der Waals surface area contributed by atoms with Gasteiger partial charge in [-0.3, -0.25) is 9.89 Å². The van der Waals surface area contributed by atoms with Crippen LogP contribution in [0.2, 0.25) is 0 Å². The van der Waals surface area contributed by atoms with E-state index < -0.39 is 5.60 Å². The third kappa shape index (κ3) is 8.82. The smallest absolute Gasteiger partial charge is 0.407 e. The first kappa shape index (κ1) is 23.5. The van der Waals surface area contributed by atoms with E-state index in [4.69, 9.17) is 4.74 Å². The maximum Gasteiger partial charge on any atom is 0.407 e. The molecule has 0 aromatic carbocycles. The van der Waals surface area contributed by atoms with Crippen molar-refractivity contribution in [2.45, 2.75) is 85.0 Å². The van der Waals surface area contributed by atoms with Gasteiger partial charge in [-0.1, -0.05) is 0 Å². The van der Waals surface area contributed by atoms with E-state index in [1.54, 1.807) is 0 Å². The van der Waals surface area contributed by atoms with Crippen molar-refractivity contribution < 1.29 is 9.53 Å². The summed E-state index contributed by atoms with van der Waals surface area (Å²) in [7, 11) is 1.81. The maximum absolute atomic E-state index is 11.9. The van der Waals surface area contributed by atoms with Crippen LogP contribution < -0.4 is 10.6 Å². The lowest BCUT2D eigenvalue weighted by molar-refractivity contribution is 0.0507. The van der Waals surface area contributed by atoms with Crippen molar-refractivity contribution in [2.75, 3.05) is 33.2 Å². The van der Waals surface area contributed by atoms with E-state index in [1.807, 2.05) is 27.8 Å². The van der Waals surface area contributed by atoms with Gasteiger partial charge in [-0.2, -0.15) is 0 Å². The lowest BCUT2D eigenvalue weighted by Crippen LogP contribution is -2.45. The molecule has 0 aromatic rings. The number of guanidine groups is 1. The molecule has 2 N–H and O–H groups in total. The summed E-state index contributed by atoms with van der Waals surface area (Å²) in [5.41, 5.74) is -0.472. The molecule has 7 nitrogen and oxygen atoms in total. The Kier molecular flexibility index (Phi) is 9.36. The zero-order chi connectivity index (χ0) is 20.6. The van der Waals surface area contributed by atoms with Crippen molar-refractivity contribution in [3.8, 4) is 0 Å². The molecule has 1 aliphatic heterocycles. The van der Waals surface area contributed by atoms with E-state index in [1.165, 1.54) is 0 Å². The van der Waals surface area contributed by atoms with Gasteiger partial charge in [0.2, 0.25) is 0 Å². The summed E-state index contributed by atoms with van der Waals surface area (Å²) in [6, 6.07) is 1.21. The van der Waals surface area contributed by atoms with Crippen LogP contribution in [0.3, 0.4) is 0 Å². The predicted molar refractivity (Wildman–Crippen MR) is 112 cm³/mol. The van der Waals surface area contributed by atoms with Crippen LogP contribution in [0.4, 0.5) is 4.79 Å². The molecule has 1 rings (SSSR count). The van der Waals surface area contributed by atoms with E-state index in [-0.39, 0.29) is 12.1 Å². The highest BCUT2D eigenvalue weighted by Gasteiger charge is 2.27. The number of carbonyl (C=O) groups excluding carboxylic acids is 1.